The van der Waals surface area contributed by atoms with Crippen molar-refractivity contribution in [3.8, 4) is 0 Å². The van der Waals surface area contributed by atoms with Crippen molar-refractivity contribution in [3.05, 3.63) is 0 Å². The molecule has 1 atom stereocenters. The molecule has 0 aromatic rings. The lowest BCUT2D eigenvalue weighted by Gasteiger charge is -2.33. The van der Waals surface area contributed by atoms with Crippen molar-refractivity contribution in [2.24, 2.45) is 5.92 Å². The maximum Gasteiger partial charge on any atom is 0.401 e. The molecule has 2 amide bonds. The molecule has 23 heavy (non-hydrogen) atoms. The lowest BCUT2D eigenvalue weighted by molar-refractivity contribution is -0.148. The van der Waals surface area contributed by atoms with Gasteiger partial charge in [-0.15, -0.1) is 0 Å². The lowest BCUT2D eigenvalue weighted by Crippen LogP contribution is -2.47. The number of halogens is 3. The number of alkyl halides is 3. The van der Waals surface area contributed by atoms with Gasteiger partial charge in [-0.05, 0) is 51.1 Å². The first-order valence-corrected chi connectivity index (χ1v) is 8.33. The normalized spacial score (nSPS) is 24.7. The van der Waals surface area contributed by atoms with Crippen LogP contribution in [0.2, 0.25) is 0 Å². The molecule has 5 nitrogen and oxygen atoms in total. The molecule has 2 aliphatic rings. The number of amides is 2. The Morgan fingerprint density at radius 2 is 1.87 bits per heavy atom. The Kier molecular flexibility index (Phi) is 6.52. The molecule has 0 spiro atoms. The van der Waals surface area contributed by atoms with Crippen LogP contribution in [0.5, 0.6) is 0 Å². The lowest BCUT2D eigenvalue weighted by atomic mass is 9.93. The average Bonchev–Trinajstić information content (AvgIpc) is 2.47. The summed E-state index contributed by atoms with van der Waals surface area (Å²) in [6.45, 7) is 1.69. The zero-order valence-corrected chi connectivity index (χ0v) is 13.3. The summed E-state index contributed by atoms with van der Waals surface area (Å²) >= 11 is 0. The third-order valence-corrected chi connectivity index (χ3v) is 4.62. The second kappa shape index (κ2) is 8.19. The summed E-state index contributed by atoms with van der Waals surface area (Å²) in [6.07, 6.45) is -0.732. The highest BCUT2D eigenvalue weighted by atomic mass is 19.4. The van der Waals surface area contributed by atoms with Crippen LogP contribution in [-0.4, -0.2) is 72.5 Å². The zero-order chi connectivity index (χ0) is 16.9. The number of aliphatic hydroxyl groups is 1. The van der Waals surface area contributed by atoms with Gasteiger partial charge >= 0.3 is 12.2 Å². The second-order valence-corrected chi connectivity index (χ2v) is 6.60. The van der Waals surface area contributed by atoms with E-state index < -0.39 is 18.8 Å². The number of nitrogens with one attached hydrogen (secondary N) is 1. The van der Waals surface area contributed by atoms with Crippen molar-refractivity contribution in [2.45, 2.75) is 44.4 Å². The smallest absolute Gasteiger partial charge is 0.391 e. The number of carbonyl (C=O) groups is 1. The number of piperidine rings is 2. The summed E-state index contributed by atoms with van der Waals surface area (Å²) in [7, 11) is 0. The minimum Gasteiger partial charge on any atom is -0.391 e. The molecular weight excluding hydrogens is 311 g/mol. The van der Waals surface area contributed by atoms with Gasteiger partial charge in [-0.25, -0.2) is 4.79 Å². The van der Waals surface area contributed by atoms with Crippen LogP contribution < -0.4 is 5.32 Å². The first kappa shape index (κ1) is 18.3. The van der Waals surface area contributed by atoms with E-state index in [0.29, 0.717) is 38.6 Å². The fraction of sp³-hybridized carbons (Fsp3) is 0.933. The van der Waals surface area contributed by atoms with Crippen LogP contribution in [-0.2, 0) is 0 Å². The summed E-state index contributed by atoms with van der Waals surface area (Å²) in [5.41, 5.74) is 0. The van der Waals surface area contributed by atoms with Gasteiger partial charge in [0.15, 0.2) is 0 Å². The highest BCUT2D eigenvalue weighted by molar-refractivity contribution is 5.74. The van der Waals surface area contributed by atoms with E-state index in [1.807, 2.05) is 0 Å². The number of likely N-dealkylation sites (tertiary alicyclic amines) is 2. The van der Waals surface area contributed by atoms with Crippen LogP contribution >= 0.6 is 0 Å². The molecule has 0 radical (unpaired) electrons. The number of nitrogens with zero attached hydrogens (tertiary/aromatic N) is 2. The van der Waals surface area contributed by atoms with E-state index in [-0.39, 0.29) is 6.03 Å². The van der Waals surface area contributed by atoms with Crippen molar-refractivity contribution in [1.82, 2.24) is 15.1 Å². The van der Waals surface area contributed by atoms with Crippen LogP contribution in [0.3, 0.4) is 0 Å². The quantitative estimate of drug-likeness (QED) is 0.823. The summed E-state index contributed by atoms with van der Waals surface area (Å²) in [5.74, 6) is 0.367. The van der Waals surface area contributed by atoms with Crippen LogP contribution in [0.25, 0.3) is 0 Å². The van der Waals surface area contributed by atoms with E-state index in [1.54, 1.807) is 4.90 Å². The largest absolute Gasteiger partial charge is 0.401 e. The number of β-amino-alcohol motifs (C(OH)–C–C–N with tert-alkyl or cyclic N) is 1. The molecule has 1 unspecified atom stereocenters. The Morgan fingerprint density at radius 1 is 1.17 bits per heavy atom. The molecule has 2 rings (SSSR count). The van der Waals surface area contributed by atoms with Gasteiger partial charge in [-0.3, -0.25) is 4.90 Å². The van der Waals surface area contributed by atoms with E-state index in [0.717, 1.165) is 32.1 Å². The van der Waals surface area contributed by atoms with E-state index >= 15 is 0 Å². The SMILES string of the molecule is O=C(NCCC1CCN(CC(F)(F)F)CC1)N1CCCC(O)C1. The van der Waals surface area contributed by atoms with Gasteiger partial charge in [0.25, 0.3) is 0 Å². The fourth-order valence-electron chi connectivity index (χ4n) is 3.32. The number of hydrogen-bond acceptors (Lipinski definition) is 3. The number of rotatable bonds is 4. The maximum atomic E-state index is 12.3. The van der Waals surface area contributed by atoms with Crippen LogP contribution in [0.1, 0.15) is 32.1 Å². The van der Waals surface area contributed by atoms with E-state index in [9.17, 15) is 23.1 Å². The molecule has 2 fully saturated rings. The first-order chi connectivity index (χ1) is 10.8. The van der Waals surface area contributed by atoms with Crippen molar-refractivity contribution in [1.29, 1.82) is 0 Å². The highest BCUT2D eigenvalue weighted by Crippen LogP contribution is 2.24. The Hall–Kier alpha value is -1.02. The topological polar surface area (TPSA) is 55.8 Å². The third-order valence-electron chi connectivity index (χ3n) is 4.62. The highest BCUT2D eigenvalue weighted by Gasteiger charge is 2.32. The summed E-state index contributed by atoms with van der Waals surface area (Å²) in [6, 6.07) is -0.154. The second-order valence-electron chi connectivity index (χ2n) is 6.60. The van der Waals surface area contributed by atoms with E-state index in [4.69, 9.17) is 0 Å². The molecule has 2 N–H and O–H groups in total. The molecular formula is C15H26F3N3O2. The number of aliphatic hydroxyl groups excluding tert-OH is 1. The van der Waals surface area contributed by atoms with Gasteiger partial charge in [-0.2, -0.15) is 13.2 Å². The predicted molar refractivity (Wildman–Crippen MR) is 80.0 cm³/mol. The Labute approximate surface area is 134 Å². The van der Waals surface area contributed by atoms with Crippen molar-refractivity contribution in [3.63, 3.8) is 0 Å². The summed E-state index contributed by atoms with van der Waals surface area (Å²) in [5, 5.41) is 12.4. The molecule has 2 heterocycles. The molecule has 2 saturated heterocycles. The van der Waals surface area contributed by atoms with Crippen molar-refractivity contribution >= 4 is 6.03 Å². The zero-order valence-electron chi connectivity index (χ0n) is 13.3. The summed E-state index contributed by atoms with van der Waals surface area (Å²) < 4.78 is 37.0. The van der Waals surface area contributed by atoms with Crippen molar-refractivity contribution < 1.29 is 23.1 Å². The molecule has 0 bridgehead atoms. The van der Waals surface area contributed by atoms with Crippen LogP contribution in [0, 0.1) is 5.92 Å². The summed E-state index contributed by atoms with van der Waals surface area (Å²) in [4.78, 5) is 15.0. The van der Waals surface area contributed by atoms with E-state index in [2.05, 4.69) is 5.32 Å². The molecule has 8 heteroatoms. The van der Waals surface area contributed by atoms with Gasteiger partial charge in [-0.1, -0.05) is 0 Å². The minimum absolute atomic E-state index is 0.154. The standard InChI is InChI=1S/C15H26F3N3O2/c16-15(17,18)11-20-8-4-12(5-9-20)3-6-19-14(23)21-7-1-2-13(22)10-21/h12-13,22H,1-11H2,(H,19,23). The predicted octanol–water partition coefficient (Wildman–Crippen LogP) is 1.82. The monoisotopic (exact) mass is 337 g/mol. The number of urea groups is 1. The number of carbonyl (C=O) groups excluding carboxylic acids is 1. The Morgan fingerprint density at radius 3 is 2.48 bits per heavy atom. The minimum atomic E-state index is -4.13. The maximum absolute atomic E-state index is 12.3. The Bertz CT molecular complexity index is 385. The van der Waals surface area contributed by atoms with Gasteiger partial charge < -0.3 is 15.3 Å². The molecule has 0 saturated carbocycles. The molecule has 2 aliphatic heterocycles. The third kappa shape index (κ3) is 6.55. The Balaban J connectivity index is 1.59. The van der Waals surface area contributed by atoms with Crippen LogP contribution in [0.15, 0.2) is 0 Å². The van der Waals surface area contributed by atoms with Gasteiger partial charge in [0, 0.05) is 19.6 Å². The average molecular weight is 337 g/mol. The van der Waals surface area contributed by atoms with E-state index in [1.165, 1.54) is 4.90 Å². The van der Waals surface area contributed by atoms with Gasteiger partial charge in [0.2, 0.25) is 0 Å². The van der Waals surface area contributed by atoms with Crippen LogP contribution in [0.4, 0.5) is 18.0 Å². The molecule has 0 aromatic heterocycles. The number of hydrogen-bond donors (Lipinski definition) is 2. The first-order valence-electron chi connectivity index (χ1n) is 8.33. The van der Waals surface area contributed by atoms with Gasteiger partial charge in [0.05, 0.1) is 12.6 Å². The molecule has 0 aromatic carbocycles. The molecule has 0 aliphatic carbocycles. The fourth-order valence-corrected chi connectivity index (χ4v) is 3.32. The van der Waals surface area contributed by atoms with Crippen molar-refractivity contribution in [2.75, 3.05) is 39.3 Å². The van der Waals surface area contributed by atoms with Gasteiger partial charge in [0.1, 0.15) is 0 Å². The molecule has 134 valence electrons.